The van der Waals surface area contributed by atoms with Crippen molar-refractivity contribution in [2.75, 3.05) is 11.9 Å². The van der Waals surface area contributed by atoms with Crippen molar-refractivity contribution in [2.45, 2.75) is 26.2 Å². The van der Waals surface area contributed by atoms with Crippen LogP contribution in [0.1, 0.15) is 24.6 Å². The Bertz CT molecular complexity index is 754. The van der Waals surface area contributed by atoms with Gasteiger partial charge in [0.25, 0.3) is 11.6 Å². The van der Waals surface area contributed by atoms with Crippen molar-refractivity contribution in [3.8, 4) is 5.75 Å². The Hall–Kier alpha value is -2.90. The van der Waals surface area contributed by atoms with E-state index < -0.39 is 4.92 Å². The van der Waals surface area contributed by atoms with E-state index in [9.17, 15) is 14.9 Å². The Morgan fingerprint density at radius 1 is 1.46 bits per heavy atom. The second-order valence-corrected chi connectivity index (χ2v) is 5.87. The molecule has 0 fully saturated rings. The number of hydrogen-bond acceptors (Lipinski definition) is 6. The van der Waals surface area contributed by atoms with Gasteiger partial charge >= 0.3 is 0 Å². The van der Waals surface area contributed by atoms with E-state index in [1.54, 1.807) is 0 Å². The van der Waals surface area contributed by atoms with Crippen molar-refractivity contribution < 1.29 is 19.0 Å². The molecule has 0 bridgehead atoms. The zero-order valence-corrected chi connectivity index (χ0v) is 13.2. The van der Waals surface area contributed by atoms with Crippen LogP contribution in [0.4, 0.5) is 11.6 Å². The second-order valence-electron chi connectivity index (χ2n) is 5.87. The normalized spacial score (nSPS) is 16.3. The molecule has 8 heteroatoms. The zero-order chi connectivity index (χ0) is 17.1. The summed E-state index contributed by atoms with van der Waals surface area (Å²) in [5.74, 6) is 0.923. The molecule has 3 rings (SSSR count). The maximum atomic E-state index is 12.0. The number of carbonyl (C=O) groups excluding carboxylic acids is 1. The number of nitro groups is 1. The van der Waals surface area contributed by atoms with E-state index >= 15 is 0 Å². The molecule has 0 spiro atoms. The van der Waals surface area contributed by atoms with Crippen molar-refractivity contribution in [3.05, 3.63) is 45.6 Å². The first-order valence-corrected chi connectivity index (χ1v) is 7.67. The minimum Gasteiger partial charge on any atom is -0.484 e. The van der Waals surface area contributed by atoms with Gasteiger partial charge in [0.15, 0.2) is 6.61 Å². The fraction of sp³-hybridized carbons (Fsp3) is 0.375. The van der Waals surface area contributed by atoms with E-state index in [0.29, 0.717) is 17.6 Å². The minimum absolute atomic E-state index is 0.0331. The zero-order valence-electron chi connectivity index (χ0n) is 13.2. The predicted molar refractivity (Wildman–Crippen MR) is 84.9 cm³/mol. The number of fused-ring (bicyclic) bond motifs is 1. The first-order chi connectivity index (χ1) is 11.5. The van der Waals surface area contributed by atoms with Crippen LogP contribution in [0.15, 0.2) is 28.8 Å². The SMILES string of the molecule is C[C@@H]1CCc2noc(NC(=O)COc3ccc([N+](=O)[O-])cc3)c2C1. The largest absolute Gasteiger partial charge is 0.484 e. The molecule has 8 nitrogen and oxygen atoms in total. The van der Waals surface area contributed by atoms with E-state index in [-0.39, 0.29) is 18.2 Å². The molecule has 1 aliphatic rings. The van der Waals surface area contributed by atoms with Crippen LogP contribution in [0.5, 0.6) is 5.75 Å². The van der Waals surface area contributed by atoms with Gasteiger partial charge in [0, 0.05) is 17.7 Å². The van der Waals surface area contributed by atoms with E-state index in [4.69, 9.17) is 9.26 Å². The van der Waals surface area contributed by atoms with Crippen LogP contribution in [0.3, 0.4) is 0 Å². The molecule has 1 aliphatic carbocycles. The number of aryl methyl sites for hydroxylation is 1. The van der Waals surface area contributed by atoms with Crippen molar-refractivity contribution in [1.82, 2.24) is 5.16 Å². The summed E-state index contributed by atoms with van der Waals surface area (Å²) < 4.78 is 10.5. The highest BCUT2D eigenvalue weighted by Crippen LogP contribution is 2.30. The number of nitrogens with zero attached hydrogens (tertiary/aromatic N) is 2. The predicted octanol–water partition coefficient (Wildman–Crippen LogP) is 2.73. The molecule has 1 aromatic carbocycles. The topological polar surface area (TPSA) is 108 Å². The number of nitro benzene ring substituents is 1. The highest BCUT2D eigenvalue weighted by Gasteiger charge is 2.24. The van der Waals surface area contributed by atoms with E-state index in [1.807, 2.05) is 0 Å². The summed E-state index contributed by atoms with van der Waals surface area (Å²) in [6, 6.07) is 5.54. The molecule has 0 aliphatic heterocycles. The van der Waals surface area contributed by atoms with E-state index in [1.165, 1.54) is 24.3 Å². The van der Waals surface area contributed by atoms with Crippen LogP contribution in [0.2, 0.25) is 0 Å². The van der Waals surface area contributed by atoms with E-state index in [0.717, 1.165) is 30.5 Å². The van der Waals surface area contributed by atoms with Crippen LogP contribution >= 0.6 is 0 Å². The number of ether oxygens (including phenoxy) is 1. The molecular formula is C16H17N3O5. The van der Waals surface area contributed by atoms with Gasteiger partial charge in [0.05, 0.1) is 10.6 Å². The number of anilines is 1. The molecule has 24 heavy (non-hydrogen) atoms. The van der Waals surface area contributed by atoms with Gasteiger partial charge in [-0.3, -0.25) is 20.2 Å². The lowest BCUT2D eigenvalue weighted by molar-refractivity contribution is -0.384. The average Bonchev–Trinajstić information content (AvgIpc) is 2.95. The monoisotopic (exact) mass is 331 g/mol. The number of rotatable bonds is 5. The number of benzene rings is 1. The molecule has 1 atom stereocenters. The van der Waals surface area contributed by atoms with Gasteiger partial charge in [-0.05, 0) is 37.3 Å². The summed E-state index contributed by atoms with van der Waals surface area (Å²) >= 11 is 0. The first kappa shape index (κ1) is 16.0. The molecule has 1 aromatic heterocycles. The Morgan fingerprint density at radius 3 is 2.92 bits per heavy atom. The highest BCUT2D eigenvalue weighted by atomic mass is 16.6. The molecule has 126 valence electrons. The quantitative estimate of drug-likeness (QED) is 0.666. The van der Waals surface area contributed by atoms with Crippen molar-refractivity contribution in [2.24, 2.45) is 5.92 Å². The van der Waals surface area contributed by atoms with Gasteiger partial charge in [-0.15, -0.1) is 0 Å². The lowest BCUT2D eigenvalue weighted by atomic mass is 9.89. The van der Waals surface area contributed by atoms with Crippen molar-refractivity contribution in [1.29, 1.82) is 0 Å². The van der Waals surface area contributed by atoms with Gasteiger partial charge in [-0.2, -0.15) is 0 Å². The van der Waals surface area contributed by atoms with Gasteiger partial charge in [0.2, 0.25) is 5.88 Å². The molecular weight excluding hydrogens is 314 g/mol. The Kier molecular flexibility index (Phi) is 4.45. The average molecular weight is 331 g/mol. The number of non-ortho nitro benzene ring substituents is 1. The summed E-state index contributed by atoms with van der Waals surface area (Å²) in [4.78, 5) is 22.1. The fourth-order valence-corrected chi connectivity index (χ4v) is 2.66. The lowest BCUT2D eigenvalue weighted by Crippen LogP contribution is -2.21. The molecule has 0 unspecified atom stereocenters. The summed E-state index contributed by atoms with van der Waals surface area (Å²) in [5.41, 5.74) is 1.83. The smallest absolute Gasteiger partial charge is 0.269 e. The summed E-state index contributed by atoms with van der Waals surface area (Å²) in [6.45, 7) is 1.93. The molecule has 0 radical (unpaired) electrons. The summed E-state index contributed by atoms with van der Waals surface area (Å²) in [7, 11) is 0. The number of aromatic nitrogens is 1. The molecule has 0 saturated heterocycles. The fourth-order valence-electron chi connectivity index (χ4n) is 2.66. The van der Waals surface area contributed by atoms with Gasteiger partial charge < -0.3 is 9.26 Å². The third-order valence-corrected chi connectivity index (χ3v) is 3.97. The van der Waals surface area contributed by atoms with Crippen LogP contribution in [0.25, 0.3) is 0 Å². The van der Waals surface area contributed by atoms with Crippen molar-refractivity contribution >= 4 is 17.5 Å². The standard InChI is InChI=1S/C16H17N3O5/c1-10-2-7-14-13(8-10)16(24-18-14)17-15(20)9-23-12-5-3-11(4-6-12)19(21)22/h3-6,10H,2,7-9H2,1H3,(H,17,20)/t10-/m1/s1. The lowest BCUT2D eigenvalue weighted by Gasteiger charge is -2.16. The molecule has 1 heterocycles. The number of carbonyl (C=O) groups is 1. The summed E-state index contributed by atoms with van der Waals surface area (Å²) in [5, 5.41) is 17.2. The number of nitrogens with one attached hydrogen (secondary N) is 1. The molecule has 0 saturated carbocycles. The highest BCUT2D eigenvalue weighted by molar-refractivity contribution is 5.91. The third-order valence-electron chi connectivity index (χ3n) is 3.97. The Labute approximate surface area is 137 Å². The van der Waals surface area contributed by atoms with Crippen molar-refractivity contribution in [3.63, 3.8) is 0 Å². The first-order valence-electron chi connectivity index (χ1n) is 7.67. The minimum atomic E-state index is -0.496. The number of hydrogen-bond donors (Lipinski definition) is 1. The van der Waals surface area contributed by atoms with Crippen LogP contribution in [-0.4, -0.2) is 22.6 Å². The molecule has 2 aromatic rings. The maximum Gasteiger partial charge on any atom is 0.269 e. The second kappa shape index (κ2) is 6.69. The third kappa shape index (κ3) is 3.53. The summed E-state index contributed by atoms with van der Waals surface area (Å²) in [6.07, 6.45) is 2.75. The van der Waals surface area contributed by atoms with Crippen LogP contribution in [0, 0.1) is 16.0 Å². The Morgan fingerprint density at radius 2 is 2.21 bits per heavy atom. The van der Waals surface area contributed by atoms with Gasteiger partial charge in [-0.25, -0.2) is 0 Å². The molecule has 1 amide bonds. The van der Waals surface area contributed by atoms with Gasteiger partial charge in [-0.1, -0.05) is 12.1 Å². The number of amides is 1. The van der Waals surface area contributed by atoms with Crippen LogP contribution < -0.4 is 10.1 Å². The van der Waals surface area contributed by atoms with E-state index in [2.05, 4.69) is 17.4 Å². The van der Waals surface area contributed by atoms with Gasteiger partial charge in [0.1, 0.15) is 5.75 Å². The molecule has 1 N–H and O–H groups in total. The Balaban J connectivity index is 1.56. The maximum absolute atomic E-state index is 12.0. The van der Waals surface area contributed by atoms with Crippen LogP contribution in [-0.2, 0) is 17.6 Å².